The van der Waals surface area contributed by atoms with Crippen molar-refractivity contribution in [1.29, 1.82) is 0 Å². The second-order valence-electron chi connectivity index (χ2n) is 4.64. The Bertz CT molecular complexity index is 503. The summed E-state index contributed by atoms with van der Waals surface area (Å²) in [7, 11) is 0. The van der Waals surface area contributed by atoms with Crippen LogP contribution in [0.1, 0.15) is 31.6 Å². The van der Waals surface area contributed by atoms with Crippen LogP contribution in [0.25, 0.3) is 0 Å². The van der Waals surface area contributed by atoms with Gasteiger partial charge in [0.1, 0.15) is 6.04 Å². The van der Waals surface area contributed by atoms with Crippen LogP contribution in [0.15, 0.2) is 4.42 Å². The normalized spacial score (nSPS) is 15.5. The predicted octanol–water partition coefficient (Wildman–Crippen LogP) is 0.509. The third-order valence-corrected chi connectivity index (χ3v) is 3.79. The van der Waals surface area contributed by atoms with Gasteiger partial charge in [0.2, 0.25) is 11.8 Å². The molecule has 2 rings (SSSR count). The van der Waals surface area contributed by atoms with Crippen molar-refractivity contribution >= 4 is 29.7 Å². The first-order valence-electron chi connectivity index (χ1n) is 6.73. The fraction of sp³-hybridized carbons (Fsp3) is 0.667. The maximum absolute atomic E-state index is 11.7. The minimum Gasteiger partial charge on any atom is -0.465 e. The van der Waals surface area contributed by atoms with Gasteiger partial charge in [-0.25, -0.2) is 0 Å². The van der Waals surface area contributed by atoms with Crippen molar-refractivity contribution in [1.82, 2.24) is 10.2 Å². The van der Waals surface area contributed by atoms with Crippen molar-refractivity contribution in [2.75, 3.05) is 23.4 Å². The van der Waals surface area contributed by atoms with Crippen LogP contribution in [-0.4, -0.2) is 46.2 Å². The Morgan fingerprint density at radius 2 is 2.29 bits per heavy atom. The van der Waals surface area contributed by atoms with E-state index in [1.54, 1.807) is 6.92 Å². The van der Waals surface area contributed by atoms with Gasteiger partial charge in [0.05, 0.1) is 12.4 Å². The number of hydrogen-bond donors (Lipinski definition) is 2. The Hall–Kier alpha value is -1.61. The van der Waals surface area contributed by atoms with Crippen molar-refractivity contribution in [2.24, 2.45) is 5.73 Å². The number of rotatable bonds is 8. The van der Waals surface area contributed by atoms with Crippen LogP contribution in [0.2, 0.25) is 0 Å². The molecule has 1 fully saturated rings. The third-order valence-electron chi connectivity index (χ3n) is 2.73. The summed E-state index contributed by atoms with van der Waals surface area (Å²) < 4.78 is 10.1. The Morgan fingerprint density at radius 3 is 2.95 bits per heavy atom. The molecule has 0 bridgehead atoms. The zero-order valence-electron chi connectivity index (χ0n) is 11.7. The summed E-state index contributed by atoms with van der Waals surface area (Å²) in [5.74, 6) is 0.637. The molecule has 116 valence electrons. The molecule has 1 aliphatic carbocycles. The van der Waals surface area contributed by atoms with Gasteiger partial charge in [0.15, 0.2) is 0 Å². The summed E-state index contributed by atoms with van der Waals surface area (Å²) in [5, 5.41) is 10.1. The number of aromatic nitrogens is 2. The van der Waals surface area contributed by atoms with Gasteiger partial charge in [0, 0.05) is 11.7 Å². The van der Waals surface area contributed by atoms with Crippen LogP contribution in [-0.2, 0) is 14.3 Å². The Kier molecular flexibility index (Phi) is 5.57. The smallest absolute Gasteiger partial charge is 0.323 e. The lowest BCUT2D eigenvalue weighted by Gasteiger charge is -2.09. The minimum absolute atomic E-state index is 0.109. The van der Waals surface area contributed by atoms with E-state index in [2.05, 4.69) is 15.5 Å². The van der Waals surface area contributed by atoms with Crippen LogP contribution < -0.4 is 11.1 Å². The maximum Gasteiger partial charge on any atom is 0.323 e. The first-order chi connectivity index (χ1) is 10.1. The Balaban J connectivity index is 1.65. The zero-order chi connectivity index (χ0) is 15.2. The molecule has 1 unspecified atom stereocenters. The van der Waals surface area contributed by atoms with E-state index in [4.69, 9.17) is 14.9 Å². The van der Waals surface area contributed by atoms with E-state index in [9.17, 15) is 9.59 Å². The molecule has 0 saturated heterocycles. The molecule has 1 aliphatic rings. The van der Waals surface area contributed by atoms with Crippen molar-refractivity contribution < 1.29 is 18.7 Å². The summed E-state index contributed by atoms with van der Waals surface area (Å²) >= 11 is 1.24. The molecule has 9 heteroatoms. The van der Waals surface area contributed by atoms with Gasteiger partial charge < -0.3 is 14.9 Å². The number of thioether (sulfide) groups is 1. The van der Waals surface area contributed by atoms with Crippen LogP contribution in [0, 0.1) is 0 Å². The minimum atomic E-state index is -0.729. The quantitative estimate of drug-likeness (QED) is 0.666. The highest BCUT2D eigenvalue weighted by Gasteiger charge is 2.29. The zero-order valence-corrected chi connectivity index (χ0v) is 12.5. The second-order valence-corrected chi connectivity index (χ2v) is 5.67. The van der Waals surface area contributed by atoms with Crippen LogP contribution in [0.3, 0.4) is 0 Å². The number of nitrogens with two attached hydrogens (primary N) is 1. The molecule has 1 heterocycles. The monoisotopic (exact) mass is 314 g/mol. The largest absolute Gasteiger partial charge is 0.465 e. The van der Waals surface area contributed by atoms with Gasteiger partial charge in [-0.1, -0.05) is 5.10 Å². The van der Waals surface area contributed by atoms with Crippen LogP contribution in [0.4, 0.5) is 6.01 Å². The van der Waals surface area contributed by atoms with E-state index in [0.29, 0.717) is 17.6 Å². The van der Waals surface area contributed by atoms with Gasteiger partial charge in [0.25, 0.3) is 0 Å². The van der Waals surface area contributed by atoms with E-state index in [1.165, 1.54) is 11.8 Å². The fourth-order valence-electron chi connectivity index (χ4n) is 1.53. The average Bonchev–Trinajstić information content (AvgIpc) is 3.20. The maximum atomic E-state index is 11.7. The van der Waals surface area contributed by atoms with Gasteiger partial charge in [-0.3, -0.25) is 14.9 Å². The van der Waals surface area contributed by atoms with Crippen molar-refractivity contribution in [2.45, 2.75) is 31.7 Å². The number of carbonyl (C=O) groups excluding carboxylic acids is 2. The van der Waals surface area contributed by atoms with E-state index >= 15 is 0 Å². The number of hydrogen-bond acceptors (Lipinski definition) is 8. The molecule has 1 aromatic heterocycles. The summed E-state index contributed by atoms with van der Waals surface area (Å²) in [6, 6.07) is -0.621. The fourth-order valence-corrected chi connectivity index (χ4v) is 2.30. The predicted molar refractivity (Wildman–Crippen MR) is 76.8 cm³/mol. The Morgan fingerprint density at radius 1 is 1.52 bits per heavy atom. The van der Waals surface area contributed by atoms with Gasteiger partial charge in [-0.15, -0.1) is 16.9 Å². The number of nitrogens with zero attached hydrogens (tertiary/aromatic N) is 2. The molecular weight excluding hydrogens is 296 g/mol. The molecule has 1 amide bonds. The SMILES string of the molecule is CCOC(=O)C(N)CSCC(=O)Nc1nnc(C2CC2)o1. The van der Waals surface area contributed by atoms with E-state index < -0.39 is 12.0 Å². The summed E-state index contributed by atoms with van der Waals surface area (Å²) in [6.45, 7) is 2.00. The molecule has 0 aromatic carbocycles. The molecule has 21 heavy (non-hydrogen) atoms. The first-order valence-corrected chi connectivity index (χ1v) is 7.88. The lowest BCUT2D eigenvalue weighted by Crippen LogP contribution is -2.35. The average molecular weight is 314 g/mol. The third kappa shape index (κ3) is 5.01. The molecule has 0 aliphatic heterocycles. The molecular formula is C12H18N4O4S. The van der Waals surface area contributed by atoms with Crippen LogP contribution in [0.5, 0.6) is 0 Å². The van der Waals surface area contributed by atoms with Gasteiger partial charge >= 0.3 is 12.0 Å². The summed E-state index contributed by atoms with van der Waals surface area (Å²) in [4.78, 5) is 23.0. The highest BCUT2D eigenvalue weighted by Crippen LogP contribution is 2.39. The number of ether oxygens (including phenoxy) is 1. The van der Waals surface area contributed by atoms with Crippen LogP contribution >= 0.6 is 11.8 Å². The van der Waals surface area contributed by atoms with Crippen molar-refractivity contribution in [3.05, 3.63) is 5.89 Å². The highest BCUT2D eigenvalue weighted by atomic mass is 32.2. The number of amides is 1. The standard InChI is InChI=1S/C12H18N4O4S/c1-2-19-11(18)8(13)5-21-6-9(17)14-12-16-15-10(20-12)7-3-4-7/h7-8H,2-6,13H2,1H3,(H,14,16,17). The Labute approximate surface area is 126 Å². The van der Waals surface area contributed by atoms with Crippen molar-refractivity contribution in [3.8, 4) is 0 Å². The molecule has 0 spiro atoms. The lowest BCUT2D eigenvalue weighted by molar-refractivity contribution is -0.144. The topological polar surface area (TPSA) is 120 Å². The van der Waals surface area contributed by atoms with E-state index in [-0.39, 0.29) is 24.3 Å². The summed E-state index contributed by atoms with van der Waals surface area (Å²) in [5.41, 5.74) is 5.62. The van der Waals surface area contributed by atoms with Gasteiger partial charge in [-0.2, -0.15) is 0 Å². The second kappa shape index (κ2) is 7.41. The number of anilines is 1. The van der Waals surface area contributed by atoms with E-state index in [1.807, 2.05) is 0 Å². The highest BCUT2D eigenvalue weighted by molar-refractivity contribution is 8.00. The molecule has 3 N–H and O–H groups in total. The van der Waals surface area contributed by atoms with Gasteiger partial charge in [-0.05, 0) is 19.8 Å². The number of nitrogens with one attached hydrogen (secondary N) is 1. The molecule has 1 atom stereocenters. The first kappa shape index (κ1) is 15.8. The molecule has 1 aromatic rings. The summed E-state index contributed by atoms with van der Waals surface area (Å²) in [6.07, 6.45) is 2.11. The van der Waals surface area contributed by atoms with Crippen molar-refractivity contribution in [3.63, 3.8) is 0 Å². The number of esters is 1. The molecule has 0 radical (unpaired) electrons. The van der Waals surface area contributed by atoms with E-state index in [0.717, 1.165) is 12.8 Å². The lowest BCUT2D eigenvalue weighted by atomic mass is 10.4. The molecule has 8 nitrogen and oxygen atoms in total. The molecule has 1 saturated carbocycles. The number of carbonyl (C=O) groups is 2.